The van der Waals surface area contributed by atoms with Gasteiger partial charge in [-0.25, -0.2) is 0 Å². The lowest BCUT2D eigenvalue weighted by Crippen LogP contribution is -2.29. The van der Waals surface area contributed by atoms with E-state index in [9.17, 15) is 29.9 Å². The molecule has 0 spiro atoms. The zero-order valence-electron chi connectivity index (χ0n) is 16.0. The highest BCUT2D eigenvalue weighted by Crippen LogP contribution is 2.40. The molecule has 2 aromatic carbocycles. The number of carbonyl (C=O) groups excluding carboxylic acids is 2. The maximum Gasteiger partial charge on any atom is 0.296 e. The summed E-state index contributed by atoms with van der Waals surface area (Å²) in [6, 6.07) is 13.3. The Hall–Kier alpha value is -4.40. The summed E-state index contributed by atoms with van der Waals surface area (Å²) < 4.78 is 5.31. The van der Waals surface area contributed by atoms with Gasteiger partial charge in [-0.1, -0.05) is 24.3 Å². The minimum atomic E-state index is -0.982. The van der Waals surface area contributed by atoms with Crippen LogP contribution in [0, 0.1) is 10.1 Å². The highest BCUT2D eigenvalue weighted by Gasteiger charge is 2.46. The van der Waals surface area contributed by atoms with Gasteiger partial charge < -0.3 is 19.5 Å². The zero-order valence-corrected chi connectivity index (χ0v) is 16.0. The molecule has 0 bridgehead atoms. The number of aromatic hydroxyl groups is 1. The molecule has 4 rings (SSSR count). The number of carbonyl (C=O) groups is 2. The van der Waals surface area contributed by atoms with Crippen LogP contribution >= 0.6 is 0 Å². The number of non-ortho nitro benzene ring substituents is 1. The molecule has 0 radical (unpaired) electrons. The number of nitro benzene ring substituents is 1. The van der Waals surface area contributed by atoms with E-state index in [0.717, 1.165) is 6.07 Å². The Morgan fingerprint density at radius 2 is 1.84 bits per heavy atom. The first kappa shape index (κ1) is 19.9. The average Bonchev–Trinajstić information content (AvgIpc) is 3.36. The molecule has 9 heteroatoms. The number of hydrogen-bond acceptors (Lipinski definition) is 7. The molecule has 1 aliphatic rings. The van der Waals surface area contributed by atoms with Crippen molar-refractivity contribution in [2.24, 2.45) is 0 Å². The number of nitrogens with zero attached hydrogens (tertiary/aromatic N) is 2. The standard InChI is InChI=1S/C22H16N2O7/c25-16-8-6-13(7-9-16)19-18(20(26)14-3-1-4-15(11-14)24(29)30)21(27)22(28)23(19)12-17-5-2-10-31-17/h1-11,19,25-26H,12H2/b20-18+/t19-/m1/s1. The van der Waals surface area contributed by atoms with Crippen LogP contribution in [0.25, 0.3) is 5.76 Å². The lowest BCUT2D eigenvalue weighted by atomic mass is 9.95. The van der Waals surface area contributed by atoms with Crippen LogP contribution in [0.3, 0.4) is 0 Å². The number of likely N-dealkylation sites (tertiary alicyclic amines) is 1. The van der Waals surface area contributed by atoms with Crippen molar-refractivity contribution in [1.82, 2.24) is 4.90 Å². The molecular weight excluding hydrogens is 404 g/mol. The Bertz CT molecular complexity index is 1200. The third-order valence-corrected chi connectivity index (χ3v) is 4.99. The summed E-state index contributed by atoms with van der Waals surface area (Å²) in [5.74, 6) is -1.87. The number of hydrogen-bond donors (Lipinski definition) is 2. The molecule has 2 N–H and O–H groups in total. The number of aliphatic hydroxyl groups is 1. The first-order valence-corrected chi connectivity index (χ1v) is 9.21. The van der Waals surface area contributed by atoms with Gasteiger partial charge in [0, 0.05) is 17.7 Å². The van der Waals surface area contributed by atoms with Gasteiger partial charge in [0.25, 0.3) is 17.4 Å². The first-order valence-electron chi connectivity index (χ1n) is 9.21. The number of amides is 1. The number of phenolic OH excluding ortho intramolecular Hbond substituents is 1. The summed E-state index contributed by atoms with van der Waals surface area (Å²) in [4.78, 5) is 37.5. The lowest BCUT2D eigenvalue weighted by Gasteiger charge is -2.24. The van der Waals surface area contributed by atoms with Crippen molar-refractivity contribution >= 4 is 23.1 Å². The van der Waals surface area contributed by atoms with Gasteiger partial charge in [0.15, 0.2) is 0 Å². The van der Waals surface area contributed by atoms with Gasteiger partial charge in [0.1, 0.15) is 17.3 Å². The fourth-order valence-corrected chi connectivity index (χ4v) is 3.54. The van der Waals surface area contributed by atoms with Crippen molar-refractivity contribution in [3.63, 3.8) is 0 Å². The Morgan fingerprint density at radius 1 is 1.10 bits per heavy atom. The van der Waals surface area contributed by atoms with E-state index in [1.54, 1.807) is 12.1 Å². The number of benzene rings is 2. The van der Waals surface area contributed by atoms with Gasteiger partial charge >= 0.3 is 0 Å². The van der Waals surface area contributed by atoms with Gasteiger partial charge in [-0.3, -0.25) is 19.7 Å². The SMILES string of the molecule is O=C1C(=O)N(Cc2ccco2)[C@H](c2ccc(O)cc2)/C1=C(\O)c1cccc([N+](=O)[O-])c1. The van der Waals surface area contributed by atoms with Crippen molar-refractivity contribution in [3.8, 4) is 5.75 Å². The molecule has 9 nitrogen and oxygen atoms in total. The van der Waals surface area contributed by atoms with Gasteiger partial charge in [-0.2, -0.15) is 0 Å². The fraction of sp³-hybridized carbons (Fsp3) is 0.0909. The fourth-order valence-electron chi connectivity index (χ4n) is 3.54. The summed E-state index contributed by atoms with van der Waals surface area (Å²) in [6.45, 7) is -0.0329. The first-order chi connectivity index (χ1) is 14.9. The van der Waals surface area contributed by atoms with E-state index in [-0.39, 0.29) is 29.1 Å². The van der Waals surface area contributed by atoms with Crippen LogP contribution in [0.15, 0.2) is 76.9 Å². The van der Waals surface area contributed by atoms with Crippen molar-refractivity contribution in [2.75, 3.05) is 0 Å². The van der Waals surface area contributed by atoms with E-state index >= 15 is 0 Å². The molecule has 0 saturated carbocycles. The van der Waals surface area contributed by atoms with Crippen LogP contribution in [-0.4, -0.2) is 31.7 Å². The van der Waals surface area contributed by atoms with Crippen molar-refractivity contribution < 1.29 is 29.1 Å². The Labute approximate surface area is 175 Å². The monoisotopic (exact) mass is 420 g/mol. The topological polar surface area (TPSA) is 134 Å². The summed E-state index contributed by atoms with van der Waals surface area (Å²) >= 11 is 0. The van der Waals surface area contributed by atoms with Crippen molar-refractivity contribution in [2.45, 2.75) is 12.6 Å². The van der Waals surface area contributed by atoms with E-state index in [2.05, 4.69) is 0 Å². The minimum absolute atomic E-state index is 0.00887. The molecule has 1 aliphatic heterocycles. The molecule has 31 heavy (non-hydrogen) atoms. The Morgan fingerprint density at radius 3 is 2.48 bits per heavy atom. The van der Waals surface area contributed by atoms with E-state index < -0.39 is 28.4 Å². The highest BCUT2D eigenvalue weighted by molar-refractivity contribution is 6.46. The van der Waals surface area contributed by atoms with E-state index in [4.69, 9.17) is 4.42 Å². The van der Waals surface area contributed by atoms with Crippen LogP contribution in [0.2, 0.25) is 0 Å². The van der Waals surface area contributed by atoms with Crippen LogP contribution in [-0.2, 0) is 16.1 Å². The van der Waals surface area contributed by atoms with Crippen molar-refractivity contribution in [3.05, 3.63) is 99.5 Å². The normalized spacial score (nSPS) is 17.8. The summed E-state index contributed by atoms with van der Waals surface area (Å²) in [5, 5.41) is 31.7. The number of rotatable bonds is 5. The van der Waals surface area contributed by atoms with Crippen LogP contribution in [0.1, 0.15) is 22.9 Å². The molecule has 1 saturated heterocycles. The largest absolute Gasteiger partial charge is 0.508 e. The Kier molecular flexibility index (Phi) is 5.00. The van der Waals surface area contributed by atoms with Crippen LogP contribution in [0.5, 0.6) is 5.75 Å². The molecule has 1 fully saturated rings. The third-order valence-electron chi connectivity index (χ3n) is 4.99. The molecule has 3 aromatic rings. The highest BCUT2D eigenvalue weighted by atomic mass is 16.6. The second-order valence-electron chi connectivity index (χ2n) is 6.91. The Balaban J connectivity index is 1.87. The predicted molar refractivity (Wildman–Crippen MR) is 108 cm³/mol. The van der Waals surface area contributed by atoms with E-state index in [1.165, 1.54) is 53.6 Å². The zero-order chi connectivity index (χ0) is 22.1. The second kappa shape index (κ2) is 7.79. The lowest BCUT2D eigenvalue weighted by molar-refractivity contribution is -0.384. The summed E-state index contributed by atoms with van der Waals surface area (Å²) in [7, 11) is 0. The van der Waals surface area contributed by atoms with Crippen LogP contribution in [0.4, 0.5) is 5.69 Å². The maximum atomic E-state index is 12.9. The summed E-state index contributed by atoms with van der Waals surface area (Å²) in [6.07, 6.45) is 1.44. The van der Waals surface area contributed by atoms with Gasteiger partial charge in [0.2, 0.25) is 0 Å². The molecule has 2 heterocycles. The van der Waals surface area contributed by atoms with Crippen molar-refractivity contribution in [1.29, 1.82) is 0 Å². The number of Topliss-reactive ketones (excluding diaryl/α,β-unsaturated/α-hetero) is 1. The van der Waals surface area contributed by atoms with E-state index in [1.807, 2.05) is 0 Å². The summed E-state index contributed by atoms with van der Waals surface area (Å²) in [5.41, 5.74) is 0.0299. The van der Waals surface area contributed by atoms with Gasteiger partial charge in [0.05, 0.1) is 29.3 Å². The van der Waals surface area contributed by atoms with Crippen LogP contribution < -0.4 is 0 Å². The number of aliphatic hydroxyl groups excluding tert-OH is 1. The minimum Gasteiger partial charge on any atom is -0.508 e. The smallest absolute Gasteiger partial charge is 0.296 e. The number of phenols is 1. The average molecular weight is 420 g/mol. The van der Waals surface area contributed by atoms with E-state index in [0.29, 0.717) is 11.3 Å². The van der Waals surface area contributed by atoms with Gasteiger partial charge in [-0.15, -0.1) is 0 Å². The molecule has 1 amide bonds. The number of ketones is 1. The molecule has 1 aromatic heterocycles. The molecule has 156 valence electrons. The maximum absolute atomic E-state index is 12.9. The number of nitro groups is 1. The van der Waals surface area contributed by atoms with Gasteiger partial charge in [-0.05, 0) is 29.8 Å². The molecule has 1 atom stereocenters. The molecule has 0 aliphatic carbocycles. The quantitative estimate of drug-likeness (QED) is 0.212. The molecule has 0 unspecified atom stereocenters. The third kappa shape index (κ3) is 3.64. The predicted octanol–water partition coefficient (Wildman–Crippen LogP) is 3.52. The second-order valence-corrected chi connectivity index (χ2v) is 6.91. The number of furan rings is 1. The molecular formula is C22H16N2O7.